The number of aliphatic hydroxyl groups excluding tert-OH is 1. The summed E-state index contributed by atoms with van der Waals surface area (Å²) in [5.41, 5.74) is 1.29. The van der Waals surface area contributed by atoms with Crippen LogP contribution in [-0.2, 0) is 16.8 Å². The zero-order chi connectivity index (χ0) is 13.0. The largest absolute Gasteiger partial charge is 0.392 e. The van der Waals surface area contributed by atoms with Gasteiger partial charge in [0.05, 0.1) is 6.61 Å². The lowest BCUT2D eigenvalue weighted by Crippen LogP contribution is -2.39. The number of hydrogen-bond donors (Lipinski definition) is 2. The molecule has 0 radical (unpaired) electrons. The molecule has 5 nitrogen and oxygen atoms in total. The van der Waals surface area contributed by atoms with Crippen LogP contribution < -0.4 is 4.72 Å². The Morgan fingerprint density at radius 2 is 1.72 bits per heavy atom. The molecule has 1 fully saturated rings. The van der Waals surface area contributed by atoms with Crippen molar-refractivity contribution in [1.82, 2.24) is 4.31 Å². The maximum atomic E-state index is 12.1. The monoisotopic (exact) mass is 270 g/mol. The molecule has 0 saturated carbocycles. The van der Waals surface area contributed by atoms with Crippen LogP contribution >= 0.6 is 0 Å². The van der Waals surface area contributed by atoms with E-state index in [4.69, 9.17) is 5.11 Å². The Balaban J connectivity index is 2.06. The third-order valence-corrected chi connectivity index (χ3v) is 4.58. The highest BCUT2D eigenvalue weighted by Crippen LogP contribution is 2.17. The molecule has 0 atom stereocenters. The average molecular weight is 270 g/mol. The zero-order valence-corrected chi connectivity index (χ0v) is 11.0. The molecule has 0 bridgehead atoms. The van der Waals surface area contributed by atoms with Crippen LogP contribution in [0.4, 0.5) is 5.69 Å². The second-order valence-corrected chi connectivity index (χ2v) is 6.09. The Kier molecular flexibility index (Phi) is 4.21. The summed E-state index contributed by atoms with van der Waals surface area (Å²) in [5, 5.41) is 8.92. The van der Waals surface area contributed by atoms with Crippen LogP contribution in [-0.4, -0.2) is 30.9 Å². The SMILES string of the molecule is O=S(=O)(Nc1ccc(CO)cc1)N1CCCCC1. The van der Waals surface area contributed by atoms with E-state index in [0.717, 1.165) is 24.8 Å². The highest BCUT2D eigenvalue weighted by molar-refractivity contribution is 7.90. The Hall–Kier alpha value is -1.11. The lowest BCUT2D eigenvalue weighted by atomic mass is 10.2. The van der Waals surface area contributed by atoms with Crippen molar-refractivity contribution in [2.45, 2.75) is 25.9 Å². The third-order valence-electron chi connectivity index (χ3n) is 3.04. The van der Waals surface area contributed by atoms with Crippen LogP contribution in [0.3, 0.4) is 0 Å². The predicted octanol–water partition coefficient (Wildman–Crippen LogP) is 1.32. The van der Waals surface area contributed by atoms with Crippen LogP contribution in [0.15, 0.2) is 24.3 Å². The minimum absolute atomic E-state index is 0.0425. The molecule has 1 aliphatic heterocycles. The second kappa shape index (κ2) is 5.69. The van der Waals surface area contributed by atoms with Crippen molar-refractivity contribution in [3.8, 4) is 0 Å². The Bertz CT molecular complexity index is 479. The smallest absolute Gasteiger partial charge is 0.301 e. The van der Waals surface area contributed by atoms with Crippen LogP contribution in [0.5, 0.6) is 0 Å². The molecule has 0 amide bonds. The van der Waals surface area contributed by atoms with Crippen molar-refractivity contribution in [3.05, 3.63) is 29.8 Å². The van der Waals surface area contributed by atoms with Gasteiger partial charge in [-0.1, -0.05) is 18.6 Å². The van der Waals surface area contributed by atoms with Crippen LogP contribution in [0.1, 0.15) is 24.8 Å². The Morgan fingerprint density at radius 1 is 1.11 bits per heavy atom. The van der Waals surface area contributed by atoms with Gasteiger partial charge in [0, 0.05) is 18.8 Å². The molecule has 2 N–H and O–H groups in total. The van der Waals surface area contributed by atoms with Gasteiger partial charge in [-0.25, -0.2) is 0 Å². The number of piperidine rings is 1. The maximum Gasteiger partial charge on any atom is 0.301 e. The number of rotatable bonds is 4. The zero-order valence-electron chi connectivity index (χ0n) is 10.2. The number of nitrogens with one attached hydrogen (secondary N) is 1. The summed E-state index contributed by atoms with van der Waals surface area (Å²) in [7, 11) is -3.44. The van der Waals surface area contributed by atoms with Gasteiger partial charge < -0.3 is 5.11 Å². The number of anilines is 1. The van der Waals surface area contributed by atoms with Gasteiger partial charge in [-0.2, -0.15) is 12.7 Å². The molecule has 0 aromatic heterocycles. The topological polar surface area (TPSA) is 69.6 Å². The lowest BCUT2D eigenvalue weighted by Gasteiger charge is -2.26. The maximum absolute atomic E-state index is 12.1. The van der Waals surface area contributed by atoms with Crippen molar-refractivity contribution in [2.75, 3.05) is 17.8 Å². The molecular weight excluding hydrogens is 252 g/mol. The predicted molar refractivity (Wildman–Crippen MR) is 70.3 cm³/mol. The van der Waals surface area contributed by atoms with E-state index in [-0.39, 0.29) is 6.61 Å². The van der Waals surface area contributed by atoms with Gasteiger partial charge in [-0.15, -0.1) is 0 Å². The fourth-order valence-corrected chi connectivity index (χ4v) is 3.30. The molecule has 100 valence electrons. The van der Waals surface area contributed by atoms with E-state index < -0.39 is 10.2 Å². The van der Waals surface area contributed by atoms with Gasteiger partial charge in [0.2, 0.25) is 0 Å². The quantitative estimate of drug-likeness (QED) is 0.867. The number of benzene rings is 1. The van der Waals surface area contributed by atoms with Gasteiger partial charge in [0.15, 0.2) is 0 Å². The van der Waals surface area contributed by atoms with Gasteiger partial charge in [-0.3, -0.25) is 4.72 Å². The van der Waals surface area contributed by atoms with E-state index in [1.807, 2.05) is 0 Å². The van der Waals surface area contributed by atoms with Crippen LogP contribution in [0.25, 0.3) is 0 Å². The first-order valence-corrected chi connectivity index (χ1v) is 7.53. The normalized spacial score (nSPS) is 17.6. The summed E-state index contributed by atoms with van der Waals surface area (Å²) >= 11 is 0. The van der Waals surface area contributed by atoms with E-state index in [2.05, 4.69) is 4.72 Å². The summed E-state index contributed by atoms with van der Waals surface area (Å²) in [6, 6.07) is 6.72. The third kappa shape index (κ3) is 3.22. The van der Waals surface area contributed by atoms with Crippen molar-refractivity contribution in [3.63, 3.8) is 0 Å². The van der Waals surface area contributed by atoms with E-state index in [0.29, 0.717) is 18.8 Å². The summed E-state index contributed by atoms with van der Waals surface area (Å²) in [6.07, 6.45) is 2.94. The molecule has 18 heavy (non-hydrogen) atoms. The highest BCUT2D eigenvalue weighted by atomic mass is 32.2. The highest BCUT2D eigenvalue weighted by Gasteiger charge is 2.23. The fraction of sp³-hybridized carbons (Fsp3) is 0.500. The molecule has 1 aromatic carbocycles. The van der Waals surface area contributed by atoms with Gasteiger partial charge in [0.1, 0.15) is 0 Å². The minimum Gasteiger partial charge on any atom is -0.392 e. The first kappa shape index (κ1) is 13.3. The number of hydrogen-bond acceptors (Lipinski definition) is 3. The molecule has 1 saturated heterocycles. The van der Waals surface area contributed by atoms with Crippen molar-refractivity contribution in [2.24, 2.45) is 0 Å². The Morgan fingerprint density at radius 3 is 2.28 bits per heavy atom. The van der Waals surface area contributed by atoms with Gasteiger partial charge >= 0.3 is 10.2 Å². The van der Waals surface area contributed by atoms with E-state index in [1.165, 1.54) is 4.31 Å². The van der Waals surface area contributed by atoms with Crippen molar-refractivity contribution < 1.29 is 13.5 Å². The number of nitrogens with zero attached hydrogens (tertiary/aromatic N) is 1. The molecule has 0 spiro atoms. The minimum atomic E-state index is -3.44. The average Bonchev–Trinajstić information content (AvgIpc) is 2.40. The first-order valence-electron chi connectivity index (χ1n) is 6.09. The lowest BCUT2D eigenvalue weighted by molar-refractivity contribution is 0.282. The molecule has 6 heteroatoms. The van der Waals surface area contributed by atoms with E-state index in [1.54, 1.807) is 24.3 Å². The summed E-state index contributed by atoms with van der Waals surface area (Å²) in [4.78, 5) is 0. The molecule has 0 aliphatic carbocycles. The summed E-state index contributed by atoms with van der Waals surface area (Å²) in [6.45, 7) is 1.13. The van der Waals surface area contributed by atoms with E-state index >= 15 is 0 Å². The molecule has 1 heterocycles. The Labute approximate surface area is 108 Å². The molecular formula is C12H18N2O3S. The van der Waals surface area contributed by atoms with Gasteiger partial charge in [0.25, 0.3) is 0 Å². The number of aliphatic hydroxyl groups is 1. The second-order valence-electron chi connectivity index (χ2n) is 4.42. The first-order chi connectivity index (χ1) is 8.62. The molecule has 0 unspecified atom stereocenters. The standard InChI is InChI=1S/C12H18N2O3S/c15-10-11-4-6-12(7-5-11)13-18(16,17)14-8-2-1-3-9-14/h4-7,13,15H,1-3,8-10H2. The van der Waals surface area contributed by atoms with Crippen LogP contribution in [0, 0.1) is 0 Å². The molecule has 1 aliphatic rings. The summed E-state index contributed by atoms with van der Waals surface area (Å²) in [5.74, 6) is 0. The summed E-state index contributed by atoms with van der Waals surface area (Å²) < 4.78 is 28.2. The molecule has 1 aromatic rings. The molecule has 2 rings (SSSR count). The van der Waals surface area contributed by atoms with Gasteiger partial charge in [-0.05, 0) is 30.5 Å². The fourth-order valence-electron chi connectivity index (χ4n) is 2.00. The van der Waals surface area contributed by atoms with Crippen molar-refractivity contribution >= 4 is 15.9 Å². The van der Waals surface area contributed by atoms with Crippen LogP contribution in [0.2, 0.25) is 0 Å². The van der Waals surface area contributed by atoms with E-state index in [9.17, 15) is 8.42 Å². The van der Waals surface area contributed by atoms with Crippen molar-refractivity contribution in [1.29, 1.82) is 0 Å².